The van der Waals surface area contributed by atoms with Crippen molar-refractivity contribution in [3.8, 4) is 23.0 Å². The van der Waals surface area contributed by atoms with Crippen molar-refractivity contribution in [1.29, 1.82) is 0 Å². The first-order valence-electron chi connectivity index (χ1n) is 10.4. The molecule has 174 valence electrons. The van der Waals surface area contributed by atoms with Crippen LogP contribution in [0, 0.1) is 0 Å². The number of carboxylic acids is 1. The maximum atomic E-state index is 11.0. The minimum atomic E-state index is -1.08. The van der Waals surface area contributed by atoms with Crippen molar-refractivity contribution in [3.05, 3.63) is 48.5 Å². The van der Waals surface area contributed by atoms with Crippen molar-refractivity contribution in [2.24, 2.45) is 0 Å². The van der Waals surface area contributed by atoms with Crippen LogP contribution < -0.4 is 18.9 Å². The van der Waals surface area contributed by atoms with Crippen LogP contribution in [0.25, 0.3) is 0 Å². The molecule has 0 atom stereocenters. The van der Waals surface area contributed by atoms with Gasteiger partial charge in [0.1, 0.15) is 39.1 Å². The van der Waals surface area contributed by atoms with Gasteiger partial charge in [-0.05, 0) is 24.3 Å². The molecule has 0 amide bonds. The number of carbonyl (C=O) groups is 1. The molecule has 0 radical (unpaired) electrons. The highest BCUT2D eigenvalue weighted by atomic mass is 16.6. The van der Waals surface area contributed by atoms with Crippen LogP contribution >= 0.6 is 0 Å². The van der Waals surface area contributed by atoms with Crippen molar-refractivity contribution >= 4 is 5.97 Å². The minimum absolute atomic E-state index is 0.0705. The Bertz CT molecular complexity index is 767. The Morgan fingerprint density at radius 2 is 1.12 bits per heavy atom. The second-order valence-corrected chi connectivity index (χ2v) is 6.76. The molecule has 3 rings (SSSR count). The largest absolute Gasteiger partial charge is 0.487 e. The summed E-state index contributed by atoms with van der Waals surface area (Å²) in [4.78, 5) is 11.0. The molecule has 9 nitrogen and oxygen atoms in total. The molecular weight excluding hydrogens is 420 g/mol. The molecule has 0 saturated heterocycles. The Morgan fingerprint density at radius 1 is 0.719 bits per heavy atom. The second-order valence-electron chi connectivity index (χ2n) is 6.76. The summed E-state index contributed by atoms with van der Waals surface area (Å²) in [6, 6.07) is 14.4. The Kier molecular flexibility index (Phi) is 9.91. The third-order valence-corrected chi connectivity index (χ3v) is 4.33. The van der Waals surface area contributed by atoms with Crippen LogP contribution in [0.15, 0.2) is 48.5 Å². The fourth-order valence-corrected chi connectivity index (χ4v) is 2.82. The SMILES string of the molecule is O=C(O)COC1COc2ccccc2OCCOCCOCCOc2ccccc2OC1. The minimum Gasteiger partial charge on any atom is -0.487 e. The van der Waals surface area contributed by atoms with Gasteiger partial charge in [-0.3, -0.25) is 0 Å². The molecule has 32 heavy (non-hydrogen) atoms. The topological polar surface area (TPSA) is 102 Å². The van der Waals surface area contributed by atoms with Gasteiger partial charge in [0.25, 0.3) is 0 Å². The number of rotatable bonds is 3. The van der Waals surface area contributed by atoms with E-state index in [1.807, 2.05) is 24.3 Å². The van der Waals surface area contributed by atoms with Gasteiger partial charge in [0, 0.05) is 0 Å². The van der Waals surface area contributed by atoms with Crippen molar-refractivity contribution in [3.63, 3.8) is 0 Å². The smallest absolute Gasteiger partial charge is 0.329 e. The van der Waals surface area contributed by atoms with Crippen LogP contribution in [-0.4, -0.2) is 76.6 Å². The van der Waals surface area contributed by atoms with E-state index >= 15 is 0 Å². The molecule has 0 aromatic heterocycles. The number of hydrogen-bond donors (Lipinski definition) is 1. The van der Waals surface area contributed by atoms with Crippen molar-refractivity contribution in [2.75, 3.05) is 59.5 Å². The van der Waals surface area contributed by atoms with Crippen LogP contribution in [0.1, 0.15) is 0 Å². The molecule has 1 heterocycles. The zero-order chi connectivity index (χ0) is 22.4. The van der Waals surface area contributed by atoms with E-state index in [1.54, 1.807) is 24.3 Å². The fraction of sp³-hybridized carbons (Fsp3) is 0.435. The average Bonchev–Trinajstić information content (AvgIpc) is 2.80. The van der Waals surface area contributed by atoms with Crippen molar-refractivity contribution in [1.82, 2.24) is 0 Å². The van der Waals surface area contributed by atoms with Crippen molar-refractivity contribution in [2.45, 2.75) is 6.10 Å². The maximum Gasteiger partial charge on any atom is 0.329 e. The summed E-state index contributed by atoms with van der Waals surface area (Å²) in [5.41, 5.74) is 0. The third-order valence-electron chi connectivity index (χ3n) is 4.33. The van der Waals surface area contributed by atoms with Gasteiger partial charge in [-0.2, -0.15) is 0 Å². The summed E-state index contributed by atoms with van der Waals surface area (Å²) in [6.45, 7) is 2.07. The number of para-hydroxylation sites is 4. The molecule has 0 saturated carbocycles. The molecule has 0 unspecified atom stereocenters. The normalized spacial score (nSPS) is 16.9. The number of hydrogen-bond acceptors (Lipinski definition) is 8. The Labute approximate surface area is 186 Å². The summed E-state index contributed by atoms with van der Waals surface area (Å²) >= 11 is 0. The summed E-state index contributed by atoms with van der Waals surface area (Å²) in [5.74, 6) is 1.07. The molecule has 1 aliphatic rings. The number of fused-ring (bicyclic) bond motifs is 2. The van der Waals surface area contributed by atoms with E-state index in [1.165, 1.54) is 0 Å². The van der Waals surface area contributed by atoms with Gasteiger partial charge in [-0.1, -0.05) is 24.3 Å². The van der Waals surface area contributed by atoms with Gasteiger partial charge in [0.2, 0.25) is 0 Å². The van der Waals surface area contributed by atoms with Crippen LogP contribution in [-0.2, 0) is 19.0 Å². The van der Waals surface area contributed by atoms with Crippen molar-refractivity contribution < 1.29 is 43.1 Å². The predicted molar refractivity (Wildman–Crippen MR) is 114 cm³/mol. The molecule has 2 aromatic rings. The lowest BCUT2D eigenvalue weighted by molar-refractivity contribution is -0.145. The Morgan fingerprint density at radius 3 is 1.56 bits per heavy atom. The average molecular weight is 448 g/mol. The molecule has 1 N–H and O–H groups in total. The van der Waals surface area contributed by atoms with E-state index in [-0.39, 0.29) is 13.2 Å². The third kappa shape index (κ3) is 8.26. The van der Waals surface area contributed by atoms with Gasteiger partial charge in [0.15, 0.2) is 23.0 Å². The van der Waals surface area contributed by atoms with Gasteiger partial charge in [-0.25, -0.2) is 4.79 Å². The highest BCUT2D eigenvalue weighted by molar-refractivity contribution is 5.68. The standard InChI is InChI=1S/C23H28O9/c24-23(25)17-30-18-15-31-21-7-3-1-5-19(21)28-13-11-26-9-10-27-12-14-29-20-6-2-4-8-22(20)32-16-18/h1-8,18H,9-17H2,(H,24,25). The van der Waals surface area contributed by atoms with E-state index in [9.17, 15) is 4.79 Å². The molecule has 2 aromatic carbocycles. The molecule has 1 aliphatic heterocycles. The molecule has 0 spiro atoms. The van der Waals surface area contributed by atoms with Crippen LogP contribution in [0.4, 0.5) is 0 Å². The van der Waals surface area contributed by atoms with Gasteiger partial charge in [-0.15, -0.1) is 0 Å². The van der Waals surface area contributed by atoms with E-state index < -0.39 is 18.7 Å². The zero-order valence-electron chi connectivity index (χ0n) is 17.8. The lowest BCUT2D eigenvalue weighted by Gasteiger charge is -2.20. The van der Waals surface area contributed by atoms with E-state index in [0.29, 0.717) is 62.6 Å². The van der Waals surface area contributed by atoms with Gasteiger partial charge >= 0.3 is 5.97 Å². The summed E-state index contributed by atoms with van der Waals surface area (Å²) in [7, 11) is 0. The first kappa shape index (κ1) is 23.6. The molecule has 0 bridgehead atoms. The quantitative estimate of drug-likeness (QED) is 0.758. The summed E-state index contributed by atoms with van der Waals surface area (Å²) in [5, 5.41) is 9.00. The lowest BCUT2D eigenvalue weighted by Crippen LogP contribution is -2.31. The van der Waals surface area contributed by atoms with E-state index in [0.717, 1.165) is 0 Å². The Hall–Kier alpha value is -3.01. The summed E-state index contributed by atoms with van der Waals surface area (Å²) < 4.78 is 39.7. The molecule has 9 heteroatoms. The lowest BCUT2D eigenvalue weighted by atomic mass is 10.3. The molecule has 0 aliphatic carbocycles. The monoisotopic (exact) mass is 448 g/mol. The highest BCUT2D eigenvalue weighted by Gasteiger charge is 2.17. The predicted octanol–water partition coefficient (Wildman–Crippen LogP) is 2.42. The number of ether oxygens (including phenoxy) is 7. The Balaban J connectivity index is 1.71. The van der Waals surface area contributed by atoms with E-state index in [4.69, 9.17) is 38.3 Å². The second kappa shape index (κ2) is 13.4. The van der Waals surface area contributed by atoms with Gasteiger partial charge < -0.3 is 38.3 Å². The van der Waals surface area contributed by atoms with Gasteiger partial charge in [0.05, 0.1) is 26.4 Å². The number of carboxylic acid groups (broad SMARTS) is 1. The first-order valence-corrected chi connectivity index (χ1v) is 10.4. The van der Waals surface area contributed by atoms with Crippen LogP contribution in [0.5, 0.6) is 23.0 Å². The first-order chi connectivity index (χ1) is 15.7. The number of benzene rings is 2. The van der Waals surface area contributed by atoms with E-state index in [2.05, 4.69) is 0 Å². The molecular formula is C23H28O9. The fourth-order valence-electron chi connectivity index (χ4n) is 2.82. The highest BCUT2D eigenvalue weighted by Crippen LogP contribution is 2.28. The maximum absolute atomic E-state index is 11.0. The zero-order valence-corrected chi connectivity index (χ0v) is 17.8. The summed E-state index contributed by atoms with van der Waals surface area (Å²) in [6.07, 6.45) is -0.638. The number of aliphatic carboxylic acids is 1. The molecule has 0 fully saturated rings. The van der Waals surface area contributed by atoms with Crippen LogP contribution in [0.3, 0.4) is 0 Å². The van der Waals surface area contributed by atoms with Crippen LogP contribution in [0.2, 0.25) is 0 Å².